The first-order valence-corrected chi connectivity index (χ1v) is 9.00. The van der Waals surface area contributed by atoms with Gasteiger partial charge in [-0.25, -0.2) is 0 Å². The summed E-state index contributed by atoms with van der Waals surface area (Å²) < 4.78 is 5.31. The van der Waals surface area contributed by atoms with Crippen molar-refractivity contribution < 1.29 is 9.53 Å². The summed E-state index contributed by atoms with van der Waals surface area (Å²) >= 11 is 0. The second-order valence-corrected chi connectivity index (χ2v) is 7.01. The number of carbonyl (C=O) groups is 1. The zero-order chi connectivity index (χ0) is 17.7. The number of benzene rings is 3. The number of carbonyl (C=O) groups excluding carboxylic acids is 1. The lowest BCUT2D eigenvalue weighted by Gasteiger charge is -2.38. The Morgan fingerprint density at radius 1 is 1.00 bits per heavy atom. The van der Waals surface area contributed by atoms with Crippen LogP contribution in [0.25, 0.3) is 10.8 Å². The Bertz CT molecular complexity index is 1010. The van der Waals surface area contributed by atoms with Gasteiger partial charge >= 0.3 is 0 Å². The number of fused-ring (bicyclic) bond motifs is 2. The van der Waals surface area contributed by atoms with E-state index in [1.165, 1.54) is 0 Å². The van der Waals surface area contributed by atoms with Gasteiger partial charge < -0.3 is 15.0 Å². The third-order valence-electron chi connectivity index (χ3n) is 5.29. The predicted molar refractivity (Wildman–Crippen MR) is 102 cm³/mol. The summed E-state index contributed by atoms with van der Waals surface area (Å²) in [6, 6.07) is 20.6. The monoisotopic (exact) mass is 344 g/mol. The minimum atomic E-state index is -0.128. The largest absolute Gasteiger partial charge is 0.497 e. The van der Waals surface area contributed by atoms with Crippen molar-refractivity contribution in [3.05, 3.63) is 71.8 Å². The van der Waals surface area contributed by atoms with E-state index < -0.39 is 0 Å². The molecule has 3 aromatic carbocycles. The molecule has 4 nitrogen and oxygen atoms in total. The molecular weight excluding hydrogens is 324 g/mol. The Kier molecular flexibility index (Phi) is 3.38. The first-order valence-electron chi connectivity index (χ1n) is 9.00. The van der Waals surface area contributed by atoms with Crippen LogP contribution in [0.3, 0.4) is 0 Å². The third-order valence-corrected chi connectivity index (χ3v) is 5.29. The first-order chi connectivity index (χ1) is 12.7. The van der Waals surface area contributed by atoms with E-state index in [9.17, 15) is 4.79 Å². The molecule has 0 unspecified atom stereocenters. The predicted octanol–water partition coefficient (Wildman–Crippen LogP) is 4.58. The molecule has 0 aromatic heterocycles. The van der Waals surface area contributed by atoms with Crippen LogP contribution in [0.1, 0.15) is 34.9 Å². The number of para-hydroxylation sites is 1. The highest BCUT2D eigenvalue weighted by atomic mass is 16.5. The number of ether oxygens (including phenoxy) is 1. The van der Waals surface area contributed by atoms with Gasteiger partial charge in [0, 0.05) is 11.7 Å². The highest BCUT2D eigenvalue weighted by molar-refractivity contribution is 6.02. The maximum Gasteiger partial charge on any atom is 0.258 e. The zero-order valence-corrected chi connectivity index (χ0v) is 14.6. The van der Waals surface area contributed by atoms with E-state index in [4.69, 9.17) is 4.74 Å². The van der Waals surface area contributed by atoms with Crippen molar-refractivity contribution in [2.24, 2.45) is 0 Å². The van der Waals surface area contributed by atoms with Gasteiger partial charge in [-0.15, -0.1) is 0 Å². The van der Waals surface area contributed by atoms with Crippen LogP contribution in [0.2, 0.25) is 0 Å². The van der Waals surface area contributed by atoms with E-state index in [0.29, 0.717) is 6.04 Å². The Balaban J connectivity index is 1.59. The van der Waals surface area contributed by atoms with Crippen molar-refractivity contribution in [3.63, 3.8) is 0 Å². The number of anilines is 1. The number of hydrogen-bond donors (Lipinski definition) is 1. The number of rotatable bonds is 3. The van der Waals surface area contributed by atoms with Crippen LogP contribution >= 0.6 is 0 Å². The molecule has 0 saturated heterocycles. The minimum Gasteiger partial charge on any atom is -0.497 e. The summed E-state index contributed by atoms with van der Waals surface area (Å²) in [7, 11) is 1.68. The van der Waals surface area contributed by atoms with Crippen molar-refractivity contribution in [2.75, 3.05) is 12.4 Å². The van der Waals surface area contributed by atoms with E-state index in [0.717, 1.165) is 46.2 Å². The summed E-state index contributed by atoms with van der Waals surface area (Å²) in [4.78, 5) is 15.1. The summed E-state index contributed by atoms with van der Waals surface area (Å²) in [5.74, 6) is 0.978. The molecule has 1 aliphatic carbocycles. The number of amides is 1. The second-order valence-electron chi connectivity index (χ2n) is 7.01. The number of methoxy groups -OCH3 is 1. The molecule has 0 spiro atoms. The molecule has 1 amide bonds. The van der Waals surface area contributed by atoms with Crippen molar-refractivity contribution >= 4 is 22.4 Å². The standard InChI is InChI=1S/C22H20N2O2/c1-26-18-11-8-14-12-16(7-6-15(14)13-18)21-23-20-5-3-2-4-19(20)22(25)24(21)17-9-10-17/h2-8,11-13,17,21,23H,9-10H2,1H3/t21-/m0/s1. The molecule has 5 rings (SSSR count). The van der Waals surface area contributed by atoms with Gasteiger partial charge in [0.25, 0.3) is 5.91 Å². The van der Waals surface area contributed by atoms with Crippen molar-refractivity contribution in [1.82, 2.24) is 4.90 Å². The summed E-state index contributed by atoms with van der Waals surface area (Å²) in [6.45, 7) is 0. The Hall–Kier alpha value is -3.01. The molecule has 1 atom stereocenters. The second kappa shape index (κ2) is 5.77. The number of nitrogens with zero attached hydrogens (tertiary/aromatic N) is 1. The zero-order valence-electron chi connectivity index (χ0n) is 14.6. The fraction of sp³-hybridized carbons (Fsp3) is 0.227. The highest BCUT2D eigenvalue weighted by Crippen LogP contribution is 2.41. The van der Waals surface area contributed by atoms with Gasteiger partial charge in [0.2, 0.25) is 0 Å². The molecule has 0 bridgehead atoms. The van der Waals surface area contributed by atoms with Gasteiger partial charge in [-0.3, -0.25) is 4.79 Å². The maximum atomic E-state index is 13.1. The van der Waals surface area contributed by atoms with Crippen molar-refractivity contribution in [2.45, 2.75) is 25.0 Å². The van der Waals surface area contributed by atoms with Crippen molar-refractivity contribution in [1.29, 1.82) is 0 Å². The molecule has 1 N–H and O–H groups in total. The van der Waals surface area contributed by atoms with E-state index in [1.807, 2.05) is 41.3 Å². The fourth-order valence-electron chi connectivity index (χ4n) is 3.78. The lowest BCUT2D eigenvalue weighted by molar-refractivity contribution is 0.0666. The summed E-state index contributed by atoms with van der Waals surface area (Å²) in [6.07, 6.45) is 2.03. The van der Waals surface area contributed by atoms with Crippen LogP contribution in [0.4, 0.5) is 5.69 Å². The fourth-order valence-corrected chi connectivity index (χ4v) is 3.78. The summed E-state index contributed by atoms with van der Waals surface area (Å²) in [5.41, 5.74) is 2.79. The molecule has 130 valence electrons. The van der Waals surface area contributed by atoms with Crippen molar-refractivity contribution in [3.8, 4) is 5.75 Å². The SMILES string of the molecule is COc1ccc2cc([C@H]3Nc4ccccc4C(=O)N3C3CC3)ccc2c1. The third kappa shape index (κ3) is 2.41. The molecule has 1 fully saturated rings. The van der Waals surface area contributed by atoms with Crippen LogP contribution in [0.5, 0.6) is 5.75 Å². The van der Waals surface area contributed by atoms with Gasteiger partial charge in [-0.2, -0.15) is 0 Å². The summed E-state index contributed by atoms with van der Waals surface area (Å²) in [5, 5.41) is 5.86. The molecular formula is C22H20N2O2. The molecule has 0 radical (unpaired) electrons. The molecule has 26 heavy (non-hydrogen) atoms. The Morgan fingerprint density at radius 3 is 2.58 bits per heavy atom. The minimum absolute atomic E-state index is 0.127. The van der Waals surface area contributed by atoms with E-state index in [-0.39, 0.29) is 12.1 Å². The quantitative estimate of drug-likeness (QED) is 0.756. The van der Waals surface area contributed by atoms with Crippen LogP contribution in [0.15, 0.2) is 60.7 Å². The number of nitrogens with one attached hydrogen (secondary N) is 1. The van der Waals surface area contributed by atoms with Crippen LogP contribution in [0, 0.1) is 0 Å². The Labute approximate surface area is 152 Å². The van der Waals surface area contributed by atoms with Gasteiger partial charge in [-0.1, -0.05) is 30.3 Å². The van der Waals surface area contributed by atoms with Crippen LogP contribution in [-0.2, 0) is 0 Å². The first kappa shape index (κ1) is 15.3. The lowest BCUT2D eigenvalue weighted by atomic mass is 10.0. The van der Waals surface area contributed by atoms with E-state index >= 15 is 0 Å². The molecule has 4 heteroatoms. The normalized spacial score (nSPS) is 19.2. The molecule has 3 aromatic rings. The highest BCUT2D eigenvalue weighted by Gasteiger charge is 2.41. The molecule has 1 saturated carbocycles. The topological polar surface area (TPSA) is 41.6 Å². The van der Waals surface area contributed by atoms with Gasteiger partial charge in [-0.05, 0) is 59.5 Å². The Morgan fingerprint density at radius 2 is 1.77 bits per heavy atom. The van der Waals surface area contributed by atoms with Gasteiger partial charge in [0.1, 0.15) is 11.9 Å². The van der Waals surface area contributed by atoms with Gasteiger partial charge in [0.15, 0.2) is 0 Å². The molecule has 2 aliphatic rings. The van der Waals surface area contributed by atoms with E-state index in [2.05, 4.69) is 29.6 Å². The van der Waals surface area contributed by atoms with Crippen LogP contribution < -0.4 is 10.1 Å². The molecule has 1 aliphatic heterocycles. The van der Waals surface area contributed by atoms with Gasteiger partial charge in [0.05, 0.1) is 12.7 Å². The molecule has 1 heterocycles. The smallest absolute Gasteiger partial charge is 0.258 e. The number of hydrogen-bond acceptors (Lipinski definition) is 3. The van der Waals surface area contributed by atoms with Crippen LogP contribution in [-0.4, -0.2) is 24.0 Å². The maximum absolute atomic E-state index is 13.1. The average Bonchev–Trinajstić information content (AvgIpc) is 3.52. The lowest BCUT2D eigenvalue weighted by Crippen LogP contribution is -2.44. The average molecular weight is 344 g/mol. The van der Waals surface area contributed by atoms with E-state index in [1.54, 1.807) is 7.11 Å².